The van der Waals surface area contributed by atoms with Gasteiger partial charge in [0.2, 0.25) is 0 Å². The number of hydrogen-bond acceptors (Lipinski definition) is 5. The zero-order valence-electron chi connectivity index (χ0n) is 17.5. The number of pyridine rings is 2. The van der Waals surface area contributed by atoms with Crippen molar-refractivity contribution in [1.82, 2.24) is 14.9 Å². The molecular weight excluding hydrogens is 390 g/mol. The van der Waals surface area contributed by atoms with E-state index >= 15 is 0 Å². The summed E-state index contributed by atoms with van der Waals surface area (Å²) in [5.74, 6) is 1.23. The van der Waals surface area contributed by atoms with Gasteiger partial charge in [-0.25, -0.2) is 4.98 Å². The van der Waals surface area contributed by atoms with Crippen molar-refractivity contribution >= 4 is 16.8 Å². The molecule has 4 rings (SSSR count). The maximum atomic E-state index is 13.3. The van der Waals surface area contributed by atoms with Crippen LogP contribution in [-0.4, -0.2) is 48.1 Å². The molecule has 2 aromatic heterocycles. The first-order valence-electron chi connectivity index (χ1n) is 9.99. The van der Waals surface area contributed by atoms with Crippen LogP contribution in [0.5, 0.6) is 11.5 Å². The van der Waals surface area contributed by atoms with E-state index in [1.165, 1.54) is 0 Å². The fourth-order valence-corrected chi connectivity index (χ4v) is 3.35. The molecule has 0 aliphatic rings. The van der Waals surface area contributed by atoms with Crippen molar-refractivity contribution in [2.45, 2.75) is 0 Å². The quantitative estimate of drug-likeness (QED) is 0.448. The van der Waals surface area contributed by atoms with Gasteiger partial charge in [-0.05, 0) is 36.4 Å². The summed E-state index contributed by atoms with van der Waals surface area (Å²) in [5, 5.41) is 0.817. The number of carbonyl (C=O) groups is 1. The average molecular weight is 413 g/mol. The van der Waals surface area contributed by atoms with E-state index in [1.54, 1.807) is 31.5 Å². The summed E-state index contributed by atoms with van der Waals surface area (Å²) in [7, 11) is 3.37. The highest BCUT2D eigenvalue weighted by atomic mass is 16.5. The molecule has 0 aliphatic carbocycles. The molecule has 2 aromatic carbocycles. The van der Waals surface area contributed by atoms with Gasteiger partial charge in [-0.3, -0.25) is 9.78 Å². The van der Waals surface area contributed by atoms with Crippen LogP contribution in [0.3, 0.4) is 0 Å². The molecule has 4 aromatic rings. The number of para-hydroxylation sites is 3. The molecule has 2 heterocycles. The summed E-state index contributed by atoms with van der Waals surface area (Å²) in [4.78, 5) is 23.9. The van der Waals surface area contributed by atoms with E-state index in [1.807, 2.05) is 66.7 Å². The predicted octanol–water partition coefficient (Wildman–Crippen LogP) is 4.46. The summed E-state index contributed by atoms with van der Waals surface area (Å²) in [6.07, 6.45) is 3.46. The van der Waals surface area contributed by atoms with Gasteiger partial charge in [-0.2, -0.15) is 0 Å². The van der Waals surface area contributed by atoms with Crippen molar-refractivity contribution in [1.29, 1.82) is 0 Å². The van der Waals surface area contributed by atoms with Gasteiger partial charge in [0.1, 0.15) is 6.61 Å². The number of benzene rings is 2. The number of fused-ring (bicyclic) bond motifs is 1. The molecule has 0 fully saturated rings. The first-order valence-corrected chi connectivity index (χ1v) is 9.99. The molecule has 0 saturated heterocycles. The van der Waals surface area contributed by atoms with Crippen LogP contribution in [0, 0.1) is 0 Å². The largest absolute Gasteiger partial charge is 0.493 e. The van der Waals surface area contributed by atoms with Crippen molar-refractivity contribution in [3.63, 3.8) is 0 Å². The summed E-state index contributed by atoms with van der Waals surface area (Å²) >= 11 is 0. The number of nitrogens with zero attached hydrogens (tertiary/aromatic N) is 3. The second-order valence-electron chi connectivity index (χ2n) is 7.04. The molecule has 0 aliphatic heterocycles. The van der Waals surface area contributed by atoms with Crippen molar-refractivity contribution in [2.75, 3.05) is 27.3 Å². The maximum absolute atomic E-state index is 13.3. The highest BCUT2D eigenvalue weighted by molar-refractivity contribution is 6.07. The molecule has 1 amide bonds. The van der Waals surface area contributed by atoms with Gasteiger partial charge in [0, 0.05) is 30.4 Å². The van der Waals surface area contributed by atoms with Crippen molar-refractivity contribution < 1.29 is 14.3 Å². The smallest absolute Gasteiger partial charge is 0.254 e. The average Bonchev–Trinajstić information content (AvgIpc) is 2.83. The third-order valence-corrected chi connectivity index (χ3v) is 5.00. The highest BCUT2D eigenvalue weighted by Crippen LogP contribution is 2.27. The summed E-state index contributed by atoms with van der Waals surface area (Å²) in [6, 6.07) is 20.7. The van der Waals surface area contributed by atoms with Gasteiger partial charge >= 0.3 is 0 Å². The number of rotatable bonds is 7. The summed E-state index contributed by atoms with van der Waals surface area (Å²) in [5.41, 5.74) is 2.95. The molecule has 0 unspecified atom stereocenters. The van der Waals surface area contributed by atoms with E-state index in [0.717, 1.165) is 16.5 Å². The Morgan fingerprint density at radius 2 is 1.77 bits per heavy atom. The van der Waals surface area contributed by atoms with Crippen molar-refractivity contribution in [3.05, 3.63) is 84.7 Å². The molecule has 156 valence electrons. The molecule has 0 atom stereocenters. The Kier molecular flexibility index (Phi) is 6.08. The van der Waals surface area contributed by atoms with Gasteiger partial charge in [0.05, 0.1) is 30.4 Å². The van der Waals surface area contributed by atoms with Gasteiger partial charge in [0.25, 0.3) is 5.91 Å². The van der Waals surface area contributed by atoms with Gasteiger partial charge in [-0.15, -0.1) is 0 Å². The van der Waals surface area contributed by atoms with Crippen LogP contribution in [0.1, 0.15) is 10.4 Å². The second kappa shape index (κ2) is 9.26. The van der Waals surface area contributed by atoms with Gasteiger partial charge < -0.3 is 14.4 Å². The Balaban J connectivity index is 1.56. The van der Waals surface area contributed by atoms with E-state index < -0.39 is 0 Å². The standard InChI is InChI=1S/C25H23N3O3/c1-28(14-15-31-24-12-6-5-11-23(24)30-2)25(29)20-16-22(18-8-7-13-26-17-18)27-21-10-4-3-9-19(20)21/h3-13,16-17H,14-15H2,1-2H3. The lowest BCUT2D eigenvalue weighted by atomic mass is 10.0. The number of ether oxygens (including phenoxy) is 2. The summed E-state index contributed by atoms with van der Waals surface area (Å²) < 4.78 is 11.1. The minimum Gasteiger partial charge on any atom is -0.493 e. The number of methoxy groups -OCH3 is 1. The molecular formula is C25H23N3O3. The van der Waals surface area contributed by atoms with Gasteiger partial charge in [0.15, 0.2) is 11.5 Å². The fourth-order valence-electron chi connectivity index (χ4n) is 3.35. The van der Waals surface area contributed by atoms with E-state index in [9.17, 15) is 4.79 Å². The normalized spacial score (nSPS) is 10.6. The zero-order chi connectivity index (χ0) is 21.6. The Bertz CT molecular complexity index is 1190. The Morgan fingerprint density at radius 1 is 1.00 bits per heavy atom. The third kappa shape index (κ3) is 4.48. The zero-order valence-corrected chi connectivity index (χ0v) is 17.5. The van der Waals surface area contributed by atoms with Crippen LogP contribution in [0.2, 0.25) is 0 Å². The van der Waals surface area contributed by atoms with Crippen LogP contribution in [0.25, 0.3) is 22.2 Å². The monoisotopic (exact) mass is 413 g/mol. The maximum Gasteiger partial charge on any atom is 0.254 e. The Morgan fingerprint density at radius 3 is 2.55 bits per heavy atom. The van der Waals surface area contributed by atoms with Crippen LogP contribution >= 0.6 is 0 Å². The van der Waals surface area contributed by atoms with E-state index in [-0.39, 0.29) is 5.91 Å². The number of likely N-dealkylation sites (N-methyl/N-ethyl adjacent to an activating group) is 1. The lowest BCUT2D eigenvalue weighted by molar-refractivity contribution is 0.0775. The van der Waals surface area contributed by atoms with E-state index in [4.69, 9.17) is 14.5 Å². The molecule has 0 spiro atoms. The van der Waals surface area contributed by atoms with E-state index in [0.29, 0.717) is 35.9 Å². The van der Waals surface area contributed by atoms with Gasteiger partial charge in [-0.1, -0.05) is 30.3 Å². The molecule has 0 saturated carbocycles. The number of hydrogen-bond donors (Lipinski definition) is 0. The molecule has 0 N–H and O–H groups in total. The summed E-state index contributed by atoms with van der Waals surface area (Å²) in [6.45, 7) is 0.775. The Hall–Kier alpha value is -3.93. The molecule has 0 radical (unpaired) electrons. The second-order valence-corrected chi connectivity index (χ2v) is 7.04. The highest BCUT2D eigenvalue weighted by Gasteiger charge is 2.18. The fraction of sp³-hybridized carbons (Fsp3) is 0.160. The number of carbonyl (C=O) groups excluding carboxylic acids is 1. The molecule has 6 nitrogen and oxygen atoms in total. The van der Waals surface area contributed by atoms with Crippen LogP contribution in [-0.2, 0) is 0 Å². The minimum atomic E-state index is -0.0904. The lowest BCUT2D eigenvalue weighted by Crippen LogP contribution is -2.31. The van der Waals surface area contributed by atoms with Crippen LogP contribution < -0.4 is 9.47 Å². The topological polar surface area (TPSA) is 64.6 Å². The Labute approximate surface area is 181 Å². The molecule has 0 bridgehead atoms. The van der Waals surface area contributed by atoms with Crippen molar-refractivity contribution in [3.8, 4) is 22.8 Å². The molecule has 31 heavy (non-hydrogen) atoms. The SMILES string of the molecule is COc1ccccc1OCCN(C)C(=O)c1cc(-c2cccnc2)nc2ccccc12. The first kappa shape index (κ1) is 20.3. The lowest BCUT2D eigenvalue weighted by Gasteiger charge is -2.19. The first-order chi connectivity index (χ1) is 15.2. The van der Waals surface area contributed by atoms with Crippen molar-refractivity contribution in [2.24, 2.45) is 0 Å². The van der Waals surface area contributed by atoms with Crippen LogP contribution in [0.4, 0.5) is 0 Å². The van der Waals surface area contributed by atoms with Crippen LogP contribution in [0.15, 0.2) is 79.1 Å². The number of aromatic nitrogens is 2. The number of amides is 1. The predicted molar refractivity (Wildman–Crippen MR) is 120 cm³/mol. The minimum absolute atomic E-state index is 0.0904. The van der Waals surface area contributed by atoms with E-state index in [2.05, 4.69) is 4.98 Å². The third-order valence-electron chi connectivity index (χ3n) is 5.00. The molecule has 6 heteroatoms.